The predicted octanol–water partition coefficient (Wildman–Crippen LogP) is 5.08. The highest BCUT2D eigenvalue weighted by Crippen LogP contribution is 2.32. The van der Waals surface area contributed by atoms with Crippen LogP contribution in [0.1, 0.15) is 11.5 Å². The van der Waals surface area contributed by atoms with Crippen LogP contribution in [0.15, 0.2) is 76.7 Å². The van der Waals surface area contributed by atoms with E-state index in [2.05, 4.69) is 41.9 Å². The zero-order valence-electron chi connectivity index (χ0n) is 16.6. The number of rotatable bonds is 4. The highest BCUT2D eigenvalue weighted by molar-refractivity contribution is 7.98. The Morgan fingerprint density at radius 1 is 0.935 bits per heavy atom. The van der Waals surface area contributed by atoms with Gasteiger partial charge >= 0.3 is 0 Å². The van der Waals surface area contributed by atoms with Gasteiger partial charge in [-0.3, -0.25) is 9.38 Å². The Hall–Kier alpha value is -3.78. The molecule has 6 rings (SSSR count). The number of nitrogens with zero attached hydrogens (tertiary/aromatic N) is 6. The summed E-state index contributed by atoms with van der Waals surface area (Å²) in [6, 6.07) is 18.3. The zero-order chi connectivity index (χ0) is 20.8. The lowest BCUT2D eigenvalue weighted by Crippen LogP contribution is -1.94. The molecule has 7 nitrogen and oxygen atoms in total. The molecule has 0 aliphatic carbocycles. The van der Waals surface area contributed by atoms with Crippen LogP contribution in [0.25, 0.3) is 38.7 Å². The van der Waals surface area contributed by atoms with Gasteiger partial charge in [-0.15, -0.1) is 10.2 Å². The van der Waals surface area contributed by atoms with Gasteiger partial charge in [-0.25, -0.2) is 0 Å². The summed E-state index contributed by atoms with van der Waals surface area (Å²) in [5, 5.41) is 17.0. The van der Waals surface area contributed by atoms with E-state index in [4.69, 9.17) is 4.52 Å². The minimum atomic E-state index is 0.502. The first-order valence-corrected chi connectivity index (χ1v) is 10.8. The van der Waals surface area contributed by atoms with Crippen molar-refractivity contribution < 1.29 is 4.52 Å². The Morgan fingerprint density at radius 3 is 2.71 bits per heavy atom. The summed E-state index contributed by atoms with van der Waals surface area (Å²) >= 11 is 1.52. The van der Waals surface area contributed by atoms with Crippen molar-refractivity contribution in [1.82, 2.24) is 29.7 Å². The highest BCUT2D eigenvalue weighted by Gasteiger charge is 2.16. The van der Waals surface area contributed by atoms with E-state index < -0.39 is 0 Å². The molecule has 0 unspecified atom stereocenters. The molecule has 0 atom stereocenters. The number of hydrogen-bond donors (Lipinski definition) is 0. The van der Waals surface area contributed by atoms with Gasteiger partial charge < -0.3 is 4.52 Å². The van der Waals surface area contributed by atoms with E-state index in [0.29, 0.717) is 17.5 Å². The third-order valence-corrected chi connectivity index (χ3v) is 6.15. The molecule has 0 saturated carbocycles. The highest BCUT2D eigenvalue weighted by atomic mass is 32.2. The quantitative estimate of drug-likeness (QED) is 0.288. The molecule has 6 aromatic rings. The fourth-order valence-electron chi connectivity index (χ4n) is 3.72. The Balaban J connectivity index is 1.38. The summed E-state index contributed by atoms with van der Waals surface area (Å²) in [5.41, 5.74) is 3.97. The number of para-hydroxylation sites is 1. The molecule has 4 heterocycles. The molecule has 8 heteroatoms. The molecule has 0 aliphatic heterocycles. The van der Waals surface area contributed by atoms with E-state index in [0.717, 1.165) is 38.0 Å². The molecule has 0 radical (unpaired) electrons. The van der Waals surface area contributed by atoms with Gasteiger partial charge in [-0.05, 0) is 19.1 Å². The van der Waals surface area contributed by atoms with Gasteiger partial charge in [0.25, 0.3) is 0 Å². The predicted molar refractivity (Wildman–Crippen MR) is 120 cm³/mol. The molecule has 0 amide bonds. The second kappa shape index (κ2) is 7.17. The summed E-state index contributed by atoms with van der Waals surface area (Å²) in [6.07, 6.45) is 3.66. The summed E-state index contributed by atoms with van der Waals surface area (Å²) < 4.78 is 7.55. The monoisotopic (exact) mass is 424 g/mol. The van der Waals surface area contributed by atoms with Crippen molar-refractivity contribution in [2.45, 2.75) is 17.8 Å². The van der Waals surface area contributed by atoms with Gasteiger partial charge in [0, 0.05) is 34.1 Å². The van der Waals surface area contributed by atoms with E-state index in [1.807, 2.05) is 55.6 Å². The number of aromatic nitrogens is 6. The van der Waals surface area contributed by atoms with Crippen molar-refractivity contribution in [1.29, 1.82) is 0 Å². The largest absolute Gasteiger partial charge is 0.338 e. The van der Waals surface area contributed by atoms with E-state index in [9.17, 15) is 0 Å². The minimum absolute atomic E-state index is 0.502. The van der Waals surface area contributed by atoms with E-state index in [1.165, 1.54) is 17.3 Å². The Kier molecular flexibility index (Phi) is 4.17. The first-order chi connectivity index (χ1) is 15.3. The normalized spacial score (nSPS) is 11.6. The topological polar surface area (TPSA) is 82.0 Å². The fourth-order valence-corrected chi connectivity index (χ4v) is 4.50. The molecule has 2 aromatic carbocycles. The van der Waals surface area contributed by atoms with Crippen molar-refractivity contribution in [3.8, 4) is 11.4 Å². The van der Waals surface area contributed by atoms with Crippen LogP contribution in [0.2, 0.25) is 0 Å². The standard InChI is InChI=1S/C23H16N6OS/c1-14-6-8-15(9-7-14)21-25-20(30-28-21)13-31-23-27-26-22-17-10-11-24-12-18(17)16-4-2-3-5-19(16)29(22)23/h2-12H,13H2,1H3. The number of thioether (sulfide) groups is 1. The molecule has 4 aromatic heterocycles. The number of pyridine rings is 2. The van der Waals surface area contributed by atoms with Gasteiger partial charge in [-0.1, -0.05) is 64.9 Å². The molecule has 0 saturated heterocycles. The van der Waals surface area contributed by atoms with Crippen LogP contribution < -0.4 is 0 Å². The SMILES string of the molecule is Cc1ccc(-c2noc(CSc3nnc4c5ccncc5c5ccccc5n34)n2)cc1. The lowest BCUT2D eigenvalue weighted by Gasteiger charge is -2.08. The zero-order valence-corrected chi connectivity index (χ0v) is 17.4. The number of benzene rings is 2. The maximum Gasteiger partial charge on any atom is 0.237 e. The van der Waals surface area contributed by atoms with Crippen LogP contribution in [0, 0.1) is 6.92 Å². The third-order valence-electron chi connectivity index (χ3n) is 5.23. The second-order valence-corrected chi connectivity index (χ2v) is 8.19. The molecule has 0 fully saturated rings. The lowest BCUT2D eigenvalue weighted by atomic mass is 10.1. The molecular weight excluding hydrogens is 408 g/mol. The Morgan fingerprint density at radius 2 is 1.81 bits per heavy atom. The number of aryl methyl sites for hydroxylation is 1. The van der Waals surface area contributed by atoms with Crippen LogP contribution in [-0.2, 0) is 5.75 Å². The smallest absolute Gasteiger partial charge is 0.237 e. The van der Waals surface area contributed by atoms with Crippen LogP contribution >= 0.6 is 11.8 Å². The van der Waals surface area contributed by atoms with Gasteiger partial charge in [0.05, 0.1) is 11.3 Å². The van der Waals surface area contributed by atoms with Gasteiger partial charge in [0.15, 0.2) is 10.8 Å². The van der Waals surface area contributed by atoms with Crippen molar-refractivity contribution in [3.05, 3.63) is 78.4 Å². The average molecular weight is 424 g/mol. The molecule has 0 spiro atoms. The number of hydrogen-bond acceptors (Lipinski definition) is 7. The Labute approximate surface area is 181 Å². The molecule has 0 N–H and O–H groups in total. The average Bonchev–Trinajstić information content (AvgIpc) is 3.46. The van der Waals surface area contributed by atoms with Crippen LogP contribution in [0.3, 0.4) is 0 Å². The first-order valence-electron chi connectivity index (χ1n) is 9.80. The van der Waals surface area contributed by atoms with Crippen molar-refractivity contribution >= 4 is 39.1 Å². The van der Waals surface area contributed by atoms with E-state index in [1.54, 1.807) is 6.20 Å². The number of fused-ring (bicyclic) bond motifs is 6. The second-order valence-electron chi connectivity index (χ2n) is 7.25. The maximum atomic E-state index is 5.47. The van der Waals surface area contributed by atoms with Crippen LogP contribution in [-0.4, -0.2) is 29.7 Å². The van der Waals surface area contributed by atoms with Crippen LogP contribution in [0.4, 0.5) is 0 Å². The molecule has 31 heavy (non-hydrogen) atoms. The summed E-state index contributed by atoms with van der Waals surface area (Å²) in [4.78, 5) is 8.83. The van der Waals surface area contributed by atoms with E-state index >= 15 is 0 Å². The minimum Gasteiger partial charge on any atom is -0.338 e. The molecular formula is C23H16N6OS. The van der Waals surface area contributed by atoms with Crippen molar-refractivity contribution in [2.75, 3.05) is 0 Å². The van der Waals surface area contributed by atoms with Crippen molar-refractivity contribution in [2.24, 2.45) is 0 Å². The van der Waals surface area contributed by atoms with E-state index in [-0.39, 0.29) is 0 Å². The first kappa shape index (κ1) is 18.0. The van der Waals surface area contributed by atoms with Crippen molar-refractivity contribution in [3.63, 3.8) is 0 Å². The summed E-state index contributed by atoms with van der Waals surface area (Å²) in [6.45, 7) is 2.05. The van der Waals surface area contributed by atoms with Gasteiger partial charge in [-0.2, -0.15) is 4.98 Å². The Bertz CT molecular complexity index is 1550. The fraction of sp³-hybridized carbons (Fsp3) is 0.0870. The third kappa shape index (κ3) is 3.03. The van der Waals surface area contributed by atoms with Gasteiger partial charge in [0.2, 0.25) is 11.7 Å². The maximum absolute atomic E-state index is 5.47. The lowest BCUT2D eigenvalue weighted by molar-refractivity contribution is 0.391. The van der Waals surface area contributed by atoms with Gasteiger partial charge in [0.1, 0.15) is 0 Å². The molecule has 0 aliphatic rings. The summed E-state index contributed by atoms with van der Waals surface area (Å²) in [7, 11) is 0. The molecule has 0 bridgehead atoms. The summed E-state index contributed by atoms with van der Waals surface area (Å²) in [5.74, 6) is 1.64. The molecule has 150 valence electrons. The van der Waals surface area contributed by atoms with Crippen LogP contribution in [0.5, 0.6) is 0 Å².